The zero-order valence-electron chi connectivity index (χ0n) is 18.8. The van der Waals surface area contributed by atoms with Gasteiger partial charge in [0.25, 0.3) is 5.91 Å². The van der Waals surface area contributed by atoms with E-state index in [4.69, 9.17) is 0 Å². The standard InChI is InChI=1S/C25H24F2N6O.ClH/c26-19-11-16(12-20(27)13-19)15-33-10-7-18-14-29-25(32-23(18)33)31-21-3-1-17(2-4-21)24(34)30-22-5-8-28-9-6-22;/h1-4,7,10-14,22,28H,5-6,8-9,15H2,(H,30,34)(H,29,31,32);1H. The number of hydrogen-bond acceptors (Lipinski definition) is 5. The molecule has 10 heteroatoms. The van der Waals surface area contributed by atoms with Gasteiger partial charge < -0.3 is 20.5 Å². The van der Waals surface area contributed by atoms with E-state index < -0.39 is 11.6 Å². The number of nitrogens with zero attached hydrogens (tertiary/aromatic N) is 3. The van der Waals surface area contributed by atoms with Gasteiger partial charge in [-0.1, -0.05) is 0 Å². The van der Waals surface area contributed by atoms with Crippen LogP contribution in [0.2, 0.25) is 0 Å². The Balaban J connectivity index is 0.00000289. The maximum atomic E-state index is 13.6. The van der Waals surface area contributed by atoms with Gasteiger partial charge in [0.15, 0.2) is 0 Å². The Morgan fingerprint density at radius 2 is 1.77 bits per heavy atom. The van der Waals surface area contributed by atoms with Crippen LogP contribution in [0.5, 0.6) is 0 Å². The van der Waals surface area contributed by atoms with Crippen LogP contribution in [-0.2, 0) is 6.54 Å². The molecule has 1 amide bonds. The largest absolute Gasteiger partial charge is 0.349 e. The van der Waals surface area contributed by atoms with Gasteiger partial charge in [-0.3, -0.25) is 4.79 Å². The number of rotatable bonds is 6. The molecule has 0 spiro atoms. The van der Waals surface area contributed by atoms with Crippen molar-refractivity contribution in [1.29, 1.82) is 0 Å². The number of carbonyl (C=O) groups is 1. The Labute approximate surface area is 207 Å². The van der Waals surface area contributed by atoms with E-state index in [0.717, 1.165) is 43.1 Å². The lowest BCUT2D eigenvalue weighted by atomic mass is 10.1. The van der Waals surface area contributed by atoms with Crippen LogP contribution in [0.25, 0.3) is 11.0 Å². The van der Waals surface area contributed by atoms with E-state index in [1.165, 1.54) is 12.1 Å². The molecule has 35 heavy (non-hydrogen) atoms. The van der Waals surface area contributed by atoms with Crippen molar-refractivity contribution in [2.24, 2.45) is 0 Å². The van der Waals surface area contributed by atoms with Crippen molar-refractivity contribution in [3.8, 4) is 0 Å². The van der Waals surface area contributed by atoms with Gasteiger partial charge >= 0.3 is 0 Å². The minimum atomic E-state index is -0.615. The molecular formula is C25H25ClF2N6O. The number of amides is 1. The molecule has 2 aromatic heterocycles. The van der Waals surface area contributed by atoms with Gasteiger partial charge in [0.1, 0.15) is 17.3 Å². The topological polar surface area (TPSA) is 83.9 Å². The van der Waals surface area contributed by atoms with Crippen LogP contribution >= 0.6 is 12.4 Å². The van der Waals surface area contributed by atoms with E-state index in [2.05, 4.69) is 25.9 Å². The monoisotopic (exact) mass is 498 g/mol. The zero-order valence-corrected chi connectivity index (χ0v) is 19.6. The van der Waals surface area contributed by atoms with Gasteiger partial charge in [0.05, 0.1) is 0 Å². The fraction of sp³-hybridized carbons (Fsp3) is 0.240. The summed E-state index contributed by atoms with van der Waals surface area (Å²) in [5, 5.41) is 10.3. The summed E-state index contributed by atoms with van der Waals surface area (Å²) in [5.74, 6) is -0.930. The van der Waals surface area contributed by atoms with Crippen LogP contribution < -0.4 is 16.0 Å². The Morgan fingerprint density at radius 1 is 1.06 bits per heavy atom. The maximum Gasteiger partial charge on any atom is 0.251 e. The summed E-state index contributed by atoms with van der Waals surface area (Å²) < 4.78 is 28.9. The average Bonchev–Trinajstić information content (AvgIpc) is 3.21. The Bertz CT molecular complexity index is 1300. The Hall–Kier alpha value is -3.56. The maximum absolute atomic E-state index is 13.6. The van der Waals surface area contributed by atoms with Crippen LogP contribution in [0.1, 0.15) is 28.8 Å². The number of hydrogen-bond donors (Lipinski definition) is 3. The molecule has 0 aliphatic carbocycles. The Kier molecular flexibility index (Phi) is 7.57. The SMILES string of the molecule is Cl.O=C(NC1CCNCC1)c1ccc(Nc2ncc3ccn(Cc4cc(F)cc(F)c4)c3n2)cc1. The van der Waals surface area contributed by atoms with Crippen LogP contribution in [0, 0.1) is 11.6 Å². The molecule has 0 radical (unpaired) electrons. The second-order valence-electron chi connectivity index (χ2n) is 8.39. The third-order valence-corrected chi connectivity index (χ3v) is 5.85. The lowest BCUT2D eigenvalue weighted by molar-refractivity contribution is 0.0929. The van der Waals surface area contributed by atoms with Crippen molar-refractivity contribution in [2.45, 2.75) is 25.4 Å². The van der Waals surface area contributed by atoms with Crippen molar-refractivity contribution in [3.63, 3.8) is 0 Å². The number of piperidine rings is 1. The number of halogens is 3. The molecule has 0 saturated carbocycles. The highest BCUT2D eigenvalue weighted by Crippen LogP contribution is 2.20. The van der Waals surface area contributed by atoms with Crippen LogP contribution in [0.3, 0.4) is 0 Å². The summed E-state index contributed by atoms with van der Waals surface area (Å²) in [6.07, 6.45) is 5.36. The number of benzene rings is 2. The summed E-state index contributed by atoms with van der Waals surface area (Å²) in [5.41, 5.74) is 2.47. The first-order chi connectivity index (χ1) is 16.5. The van der Waals surface area contributed by atoms with Gasteiger partial charge in [-0.05, 0) is 74.0 Å². The van der Waals surface area contributed by atoms with Crippen LogP contribution in [-0.4, -0.2) is 39.6 Å². The molecular weight excluding hydrogens is 474 g/mol. The second kappa shape index (κ2) is 10.8. The predicted molar refractivity (Wildman–Crippen MR) is 133 cm³/mol. The molecule has 0 atom stereocenters. The molecule has 2 aromatic carbocycles. The van der Waals surface area contributed by atoms with E-state index in [1.54, 1.807) is 30.5 Å². The summed E-state index contributed by atoms with van der Waals surface area (Å²) in [4.78, 5) is 21.4. The fourth-order valence-electron chi connectivity index (χ4n) is 4.13. The highest BCUT2D eigenvalue weighted by molar-refractivity contribution is 5.94. The minimum Gasteiger partial charge on any atom is -0.349 e. The summed E-state index contributed by atoms with van der Waals surface area (Å²) in [6, 6.07) is 12.6. The number of aromatic nitrogens is 3. The number of carbonyl (C=O) groups excluding carboxylic acids is 1. The molecule has 1 aliphatic rings. The predicted octanol–water partition coefficient (Wildman–Crippen LogP) is 4.41. The van der Waals surface area contributed by atoms with E-state index in [9.17, 15) is 13.6 Å². The molecule has 7 nitrogen and oxygen atoms in total. The van der Waals surface area contributed by atoms with E-state index in [0.29, 0.717) is 22.7 Å². The molecule has 3 N–H and O–H groups in total. The van der Waals surface area contributed by atoms with Gasteiger partial charge in [0, 0.05) is 47.7 Å². The highest BCUT2D eigenvalue weighted by atomic mass is 35.5. The lowest BCUT2D eigenvalue weighted by Gasteiger charge is -2.23. The quantitative estimate of drug-likeness (QED) is 0.367. The molecule has 5 rings (SSSR count). The number of nitrogens with one attached hydrogen (secondary N) is 3. The van der Waals surface area contributed by atoms with E-state index >= 15 is 0 Å². The van der Waals surface area contributed by atoms with E-state index in [1.807, 2.05) is 16.8 Å². The van der Waals surface area contributed by atoms with Crippen molar-refractivity contribution >= 4 is 41.0 Å². The molecule has 3 heterocycles. The molecule has 1 aliphatic heterocycles. The zero-order chi connectivity index (χ0) is 23.5. The third kappa shape index (κ3) is 5.93. The van der Waals surface area contributed by atoms with Crippen molar-refractivity contribution in [3.05, 3.63) is 83.7 Å². The molecule has 4 aromatic rings. The average molecular weight is 499 g/mol. The normalized spacial score (nSPS) is 13.9. The third-order valence-electron chi connectivity index (χ3n) is 5.85. The summed E-state index contributed by atoms with van der Waals surface area (Å²) in [6.45, 7) is 2.11. The van der Waals surface area contributed by atoms with Gasteiger partial charge in [-0.25, -0.2) is 13.8 Å². The second-order valence-corrected chi connectivity index (χ2v) is 8.39. The molecule has 182 valence electrons. The summed E-state index contributed by atoms with van der Waals surface area (Å²) >= 11 is 0. The van der Waals surface area contributed by atoms with Crippen LogP contribution in [0.4, 0.5) is 20.4 Å². The first-order valence-electron chi connectivity index (χ1n) is 11.2. The highest BCUT2D eigenvalue weighted by Gasteiger charge is 2.16. The molecule has 0 unspecified atom stereocenters. The molecule has 1 fully saturated rings. The minimum absolute atomic E-state index is 0. The molecule has 1 saturated heterocycles. The molecule has 0 bridgehead atoms. The van der Waals surface area contributed by atoms with Crippen LogP contribution in [0.15, 0.2) is 60.9 Å². The summed E-state index contributed by atoms with van der Waals surface area (Å²) in [7, 11) is 0. The smallest absolute Gasteiger partial charge is 0.251 e. The van der Waals surface area contributed by atoms with Crippen molar-refractivity contribution < 1.29 is 13.6 Å². The van der Waals surface area contributed by atoms with Crippen molar-refractivity contribution in [2.75, 3.05) is 18.4 Å². The van der Waals surface area contributed by atoms with Gasteiger partial charge in [-0.15, -0.1) is 12.4 Å². The number of anilines is 2. The Morgan fingerprint density at radius 3 is 2.49 bits per heavy atom. The van der Waals surface area contributed by atoms with Gasteiger partial charge in [0.2, 0.25) is 5.95 Å². The van der Waals surface area contributed by atoms with Gasteiger partial charge in [-0.2, -0.15) is 4.98 Å². The lowest BCUT2D eigenvalue weighted by Crippen LogP contribution is -2.42. The fourth-order valence-corrected chi connectivity index (χ4v) is 4.13. The first kappa shape index (κ1) is 24.6. The number of fused-ring (bicyclic) bond motifs is 1. The first-order valence-corrected chi connectivity index (χ1v) is 11.2. The van der Waals surface area contributed by atoms with E-state index in [-0.39, 0.29) is 30.9 Å². The van der Waals surface area contributed by atoms with Crippen molar-refractivity contribution in [1.82, 2.24) is 25.2 Å².